The summed E-state index contributed by atoms with van der Waals surface area (Å²) in [5.41, 5.74) is 2.06. The Morgan fingerprint density at radius 3 is 2.79 bits per heavy atom. The SMILES string of the molecule is C=CCNC(=NCc1cccnc1OCc1ccccc1)NCC. The number of aromatic nitrogens is 1. The molecule has 0 amide bonds. The van der Waals surface area contributed by atoms with E-state index in [0.717, 1.165) is 23.6 Å². The van der Waals surface area contributed by atoms with E-state index in [9.17, 15) is 0 Å². The number of nitrogens with zero attached hydrogens (tertiary/aromatic N) is 2. The maximum atomic E-state index is 5.86. The maximum Gasteiger partial charge on any atom is 0.218 e. The third-order valence-corrected chi connectivity index (χ3v) is 3.23. The Morgan fingerprint density at radius 1 is 1.21 bits per heavy atom. The van der Waals surface area contributed by atoms with Gasteiger partial charge in [0.05, 0.1) is 6.54 Å². The summed E-state index contributed by atoms with van der Waals surface area (Å²) in [7, 11) is 0. The summed E-state index contributed by atoms with van der Waals surface area (Å²) in [6, 6.07) is 13.9. The highest BCUT2D eigenvalue weighted by Gasteiger charge is 2.05. The van der Waals surface area contributed by atoms with E-state index in [0.29, 0.717) is 25.6 Å². The summed E-state index contributed by atoms with van der Waals surface area (Å²) in [5, 5.41) is 6.37. The Kier molecular flexibility index (Phi) is 7.34. The Hall–Kier alpha value is -2.82. The van der Waals surface area contributed by atoms with E-state index in [1.54, 1.807) is 12.3 Å². The van der Waals surface area contributed by atoms with Gasteiger partial charge in [0.25, 0.3) is 0 Å². The first-order valence-corrected chi connectivity index (χ1v) is 8.07. The molecule has 24 heavy (non-hydrogen) atoms. The van der Waals surface area contributed by atoms with E-state index >= 15 is 0 Å². The van der Waals surface area contributed by atoms with Crippen molar-refractivity contribution in [3.8, 4) is 5.88 Å². The van der Waals surface area contributed by atoms with Gasteiger partial charge in [-0.25, -0.2) is 9.98 Å². The summed E-state index contributed by atoms with van der Waals surface area (Å²) in [6.07, 6.45) is 3.53. The molecular weight excluding hydrogens is 300 g/mol. The van der Waals surface area contributed by atoms with Gasteiger partial charge in [0, 0.05) is 24.8 Å². The summed E-state index contributed by atoms with van der Waals surface area (Å²) < 4.78 is 5.86. The van der Waals surface area contributed by atoms with Gasteiger partial charge >= 0.3 is 0 Å². The average Bonchev–Trinajstić information content (AvgIpc) is 2.64. The molecule has 0 fully saturated rings. The fourth-order valence-electron chi connectivity index (χ4n) is 2.08. The molecule has 0 saturated heterocycles. The van der Waals surface area contributed by atoms with Crippen LogP contribution in [0.15, 0.2) is 66.3 Å². The second kappa shape index (κ2) is 10.0. The molecule has 1 aromatic carbocycles. The first-order chi connectivity index (χ1) is 11.8. The monoisotopic (exact) mass is 324 g/mol. The smallest absolute Gasteiger partial charge is 0.218 e. The van der Waals surface area contributed by atoms with Crippen LogP contribution >= 0.6 is 0 Å². The third-order valence-electron chi connectivity index (χ3n) is 3.23. The summed E-state index contributed by atoms with van der Waals surface area (Å²) in [6.45, 7) is 8.18. The van der Waals surface area contributed by atoms with Crippen molar-refractivity contribution in [3.63, 3.8) is 0 Å². The van der Waals surface area contributed by atoms with Crippen molar-refractivity contribution < 1.29 is 4.74 Å². The molecule has 126 valence electrons. The number of pyridine rings is 1. The van der Waals surface area contributed by atoms with Crippen molar-refractivity contribution in [2.75, 3.05) is 13.1 Å². The van der Waals surface area contributed by atoms with Crippen LogP contribution in [0.3, 0.4) is 0 Å². The summed E-state index contributed by atoms with van der Waals surface area (Å²) in [5.74, 6) is 1.36. The molecule has 0 aliphatic heterocycles. The lowest BCUT2D eigenvalue weighted by molar-refractivity contribution is 0.290. The number of ether oxygens (including phenoxy) is 1. The van der Waals surface area contributed by atoms with E-state index in [1.165, 1.54) is 0 Å². The van der Waals surface area contributed by atoms with Crippen molar-refractivity contribution in [3.05, 3.63) is 72.4 Å². The van der Waals surface area contributed by atoms with Crippen LogP contribution in [-0.2, 0) is 13.2 Å². The standard InChI is InChI=1S/C19H24N4O/c1-3-12-22-19(20-4-2)23-14-17-11-8-13-21-18(17)24-15-16-9-6-5-7-10-16/h3,5-11,13H,1,4,12,14-15H2,2H3,(H2,20,22,23). The van der Waals surface area contributed by atoms with Crippen LogP contribution < -0.4 is 15.4 Å². The molecule has 0 atom stereocenters. The second-order valence-corrected chi connectivity index (χ2v) is 5.11. The lowest BCUT2D eigenvalue weighted by Crippen LogP contribution is -2.37. The lowest BCUT2D eigenvalue weighted by Gasteiger charge is -2.11. The van der Waals surface area contributed by atoms with Crippen LogP contribution in [0.25, 0.3) is 0 Å². The van der Waals surface area contributed by atoms with E-state index < -0.39 is 0 Å². The minimum atomic E-state index is 0.489. The zero-order chi connectivity index (χ0) is 17.0. The predicted octanol–water partition coefficient (Wildman–Crippen LogP) is 2.90. The number of hydrogen-bond donors (Lipinski definition) is 2. The van der Waals surface area contributed by atoms with E-state index in [2.05, 4.69) is 27.2 Å². The van der Waals surface area contributed by atoms with Gasteiger partial charge in [-0.1, -0.05) is 42.5 Å². The molecule has 0 bridgehead atoms. The number of hydrogen-bond acceptors (Lipinski definition) is 3. The van der Waals surface area contributed by atoms with E-state index in [1.807, 2.05) is 49.4 Å². The molecule has 0 unspecified atom stereocenters. The van der Waals surface area contributed by atoms with Gasteiger partial charge in [0.1, 0.15) is 6.61 Å². The molecule has 2 N–H and O–H groups in total. The van der Waals surface area contributed by atoms with Gasteiger partial charge in [-0.3, -0.25) is 0 Å². The van der Waals surface area contributed by atoms with E-state index in [4.69, 9.17) is 4.74 Å². The van der Waals surface area contributed by atoms with Gasteiger partial charge in [0.15, 0.2) is 5.96 Å². The first kappa shape index (κ1) is 17.5. The Balaban J connectivity index is 2.03. The highest BCUT2D eigenvalue weighted by molar-refractivity contribution is 5.79. The van der Waals surface area contributed by atoms with Gasteiger partial charge in [-0.2, -0.15) is 0 Å². The van der Waals surface area contributed by atoms with Crippen LogP contribution in [0, 0.1) is 0 Å². The number of guanidine groups is 1. The topological polar surface area (TPSA) is 58.5 Å². The highest BCUT2D eigenvalue weighted by atomic mass is 16.5. The number of nitrogens with one attached hydrogen (secondary N) is 2. The Labute approximate surface area is 143 Å². The molecule has 2 aromatic rings. The van der Waals surface area contributed by atoms with Gasteiger partial charge < -0.3 is 15.4 Å². The van der Waals surface area contributed by atoms with Crippen molar-refractivity contribution >= 4 is 5.96 Å². The summed E-state index contributed by atoms with van der Waals surface area (Å²) in [4.78, 5) is 8.89. The van der Waals surface area contributed by atoms with Crippen molar-refractivity contribution in [1.29, 1.82) is 0 Å². The second-order valence-electron chi connectivity index (χ2n) is 5.11. The van der Waals surface area contributed by atoms with Crippen LogP contribution in [-0.4, -0.2) is 24.0 Å². The summed E-state index contributed by atoms with van der Waals surface area (Å²) >= 11 is 0. The van der Waals surface area contributed by atoms with Crippen LogP contribution in [0.5, 0.6) is 5.88 Å². The molecule has 5 heteroatoms. The molecule has 0 radical (unpaired) electrons. The molecule has 5 nitrogen and oxygen atoms in total. The molecule has 1 heterocycles. The largest absolute Gasteiger partial charge is 0.473 e. The zero-order valence-corrected chi connectivity index (χ0v) is 14.0. The van der Waals surface area contributed by atoms with Crippen LogP contribution in [0.2, 0.25) is 0 Å². The lowest BCUT2D eigenvalue weighted by atomic mass is 10.2. The van der Waals surface area contributed by atoms with Gasteiger partial charge in [-0.05, 0) is 18.6 Å². The van der Waals surface area contributed by atoms with Crippen LogP contribution in [0.1, 0.15) is 18.1 Å². The number of benzene rings is 1. The quantitative estimate of drug-likeness (QED) is 0.445. The average molecular weight is 324 g/mol. The van der Waals surface area contributed by atoms with Crippen molar-refractivity contribution in [2.24, 2.45) is 4.99 Å². The van der Waals surface area contributed by atoms with Crippen molar-refractivity contribution in [2.45, 2.75) is 20.1 Å². The van der Waals surface area contributed by atoms with Crippen LogP contribution in [0.4, 0.5) is 0 Å². The van der Waals surface area contributed by atoms with Crippen molar-refractivity contribution in [1.82, 2.24) is 15.6 Å². The first-order valence-electron chi connectivity index (χ1n) is 8.07. The highest BCUT2D eigenvalue weighted by Crippen LogP contribution is 2.17. The zero-order valence-electron chi connectivity index (χ0n) is 14.0. The Bertz CT molecular complexity index is 655. The minimum absolute atomic E-state index is 0.489. The fourth-order valence-corrected chi connectivity index (χ4v) is 2.08. The maximum absolute atomic E-state index is 5.86. The molecule has 1 aromatic heterocycles. The fraction of sp³-hybridized carbons (Fsp3) is 0.263. The molecular formula is C19H24N4O. The molecule has 0 spiro atoms. The molecule has 2 rings (SSSR count). The number of rotatable bonds is 8. The molecule has 0 saturated carbocycles. The number of aliphatic imine (C=N–C) groups is 1. The minimum Gasteiger partial charge on any atom is -0.473 e. The van der Waals surface area contributed by atoms with Gasteiger partial charge in [-0.15, -0.1) is 6.58 Å². The molecule has 0 aliphatic rings. The van der Waals surface area contributed by atoms with Gasteiger partial charge in [0.2, 0.25) is 5.88 Å². The third kappa shape index (κ3) is 5.76. The molecule has 0 aliphatic carbocycles. The van der Waals surface area contributed by atoms with E-state index in [-0.39, 0.29) is 0 Å². The predicted molar refractivity (Wildman–Crippen MR) is 98.0 cm³/mol. The Morgan fingerprint density at radius 2 is 2.04 bits per heavy atom. The normalized spacial score (nSPS) is 11.0.